The van der Waals surface area contributed by atoms with Gasteiger partial charge < -0.3 is 9.53 Å². The van der Waals surface area contributed by atoms with Crippen molar-refractivity contribution in [1.29, 1.82) is 0 Å². The van der Waals surface area contributed by atoms with Gasteiger partial charge in [0.2, 0.25) is 0 Å². The molecule has 0 bridgehead atoms. The summed E-state index contributed by atoms with van der Waals surface area (Å²) >= 11 is 1.89. The van der Waals surface area contributed by atoms with Gasteiger partial charge in [-0.3, -0.25) is 0 Å². The van der Waals surface area contributed by atoms with Gasteiger partial charge in [-0.2, -0.15) is 16.6 Å². The van der Waals surface area contributed by atoms with Crippen LogP contribution in [-0.2, 0) is 15.3 Å². The Bertz CT molecular complexity index is 846. The van der Waals surface area contributed by atoms with Gasteiger partial charge >= 0.3 is 0 Å². The number of thioether (sulfide) groups is 1. The van der Waals surface area contributed by atoms with E-state index in [0.717, 1.165) is 54.0 Å². The third kappa shape index (κ3) is 5.65. The summed E-state index contributed by atoms with van der Waals surface area (Å²) in [6, 6.07) is 14.4. The van der Waals surface area contributed by atoms with E-state index in [4.69, 9.17) is 4.74 Å². The van der Waals surface area contributed by atoms with E-state index in [-0.39, 0.29) is 0 Å². The van der Waals surface area contributed by atoms with E-state index in [2.05, 4.69) is 35.3 Å². The molecule has 2 aromatic carbocycles. The monoisotopic (exact) mass is 383 g/mol. The van der Waals surface area contributed by atoms with Crippen molar-refractivity contribution in [1.82, 2.24) is 15.0 Å². The molecule has 6 heteroatoms. The first-order chi connectivity index (χ1) is 13.3. The molecule has 27 heavy (non-hydrogen) atoms. The standard InChI is InChI=1S/C21H25N3O2S/c1-17-9-10-18(16-27-14-6-13-26-12-5-4-11-25)21(15-17)24-22-19-7-2-3-8-20(19)23-24/h2-3,7-11,15H,4-6,12-14,16H2,1H3. The van der Waals surface area contributed by atoms with Crippen molar-refractivity contribution in [3.05, 3.63) is 53.6 Å². The number of rotatable bonds is 11. The predicted molar refractivity (Wildman–Crippen MR) is 110 cm³/mol. The van der Waals surface area contributed by atoms with Crippen LogP contribution in [0.5, 0.6) is 0 Å². The lowest BCUT2D eigenvalue weighted by atomic mass is 10.1. The van der Waals surface area contributed by atoms with Crippen molar-refractivity contribution in [2.45, 2.75) is 31.9 Å². The third-order valence-corrected chi connectivity index (χ3v) is 5.28. The molecule has 3 rings (SSSR count). The number of aryl methyl sites for hydroxylation is 1. The quantitative estimate of drug-likeness (QED) is 0.364. The molecule has 0 radical (unpaired) electrons. The molecule has 3 aromatic rings. The van der Waals surface area contributed by atoms with Crippen LogP contribution in [0.4, 0.5) is 0 Å². The average Bonchev–Trinajstić information content (AvgIpc) is 3.11. The summed E-state index contributed by atoms with van der Waals surface area (Å²) in [7, 11) is 0. The molecular weight excluding hydrogens is 358 g/mol. The number of hydrogen-bond donors (Lipinski definition) is 0. The van der Waals surface area contributed by atoms with E-state index >= 15 is 0 Å². The summed E-state index contributed by atoms with van der Waals surface area (Å²) in [5, 5.41) is 9.26. The number of unbranched alkanes of at least 4 members (excludes halogenated alkanes) is 1. The van der Waals surface area contributed by atoms with Gasteiger partial charge in [0.15, 0.2) is 0 Å². The number of aldehydes is 1. The SMILES string of the molecule is Cc1ccc(CSCCCOCCCC=O)c(-n2nc3ccccc3n2)c1. The molecule has 0 unspecified atom stereocenters. The summed E-state index contributed by atoms with van der Waals surface area (Å²) in [6.45, 7) is 3.51. The zero-order valence-electron chi connectivity index (χ0n) is 15.6. The molecule has 0 N–H and O–H groups in total. The normalized spacial score (nSPS) is 11.1. The van der Waals surface area contributed by atoms with Gasteiger partial charge in [-0.1, -0.05) is 24.3 Å². The van der Waals surface area contributed by atoms with E-state index in [0.29, 0.717) is 13.0 Å². The molecule has 0 saturated heterocycles. The van der Waals surface area contributed by atoms with Crippen molar-refractivity contribution in [2.24, 2.45) is 0 Å². The fraction of sp³-hybridized carbons (Fsp3) is 0.381. The van der Waals surface area contributed by atoms with Crippen LogP contribution in [-0.4, -0.2) is 40.2 Å². The number of ether oxygens (including phenoxy) is 1. The molecule has 0 spiro atoms. The summed E-state index contributed by atoms with van der Waals surface area (Å²) in [6.07, 6.45) is 3.35. The van der Waals surface area contributed by atoms with E-state index in [1.54, 1.807) is 4.80 Å². The fourth-order valence-electron chi connectivity index (χ4n) is 2.77. The molecule has 0 aliphatic heterocycles. The first-order valence-electron chi connectivity index (χ1n) is 9.29. The van der Waals surface area contributed by atoms with Crippen LogP contribution in [0.1, 0.15) is 30.4 Å². The molecule has 0 fully saturated rings. The minimum Gasteiger partial charge on any atom is -0.381 e. The van der Waals surface area contributed by atoms with E-state index in [9.17, 15) is 4.79 Å². The molecule has 1 heterocycles. The van der Waals surface area contributed by atoms with Gasteiger partial charge in [-0.25, -0.2) is 0 Å². The lowest BCUT2D eigenvalue weighted by molar-refractivity contribution is -0.108. The lowest BCUT2D eigenvalue weighted by Crippen LogP contribution is -2.04. The molecule has 1 aromatic heterocycles. The Morgan fingerprint density at radius 1 is 1.07 bits per heavy atom. The zero-order chi connectivity index (χ0) is 18.9. The molecule has 142 valence electrons. The Hall–Kier alpha value is -2.18. The number of carbonyl (C=O) groups is 1. The maximum atomic E-state index is 10.2. The highest BCUT2D eigenvalue weighted by Crippen LogP contribution is 2.22. The highest BCUT2D eigenvalue weighted by Gasteiger charge is 2.09. The Balaban J connectivity index is 1.56. The second-order valence-electron chi connectivity index (χ2n) is 6.44. The van der Waals surface area contributed by atoms with E-state index < -0.39 is 0 Å². The maximum Gasteiger partial charge on any atom is 0.120 e. The topological polar surface area (TPSA) is 57.0 Å². The first-order valence-corrected chi connectivity index (χ1v) is 10.4. The van der Waals surface area contributed by atoms with Gasteiger partial charge in [0.1, 0.15) is 17.3 Å². The summed E-state index contributed by atoms with van der Waals surface area (Å²) in [4.78, 5) is 12.0. The number of carbonyl (C=O) groups excluding carboxylic acids is 1. The van der Waals surface area contributed by atoms with Crippen molar-refractivity contribution >= 4 is 29.1 Å². The molecule has 0 saturated carbocycles. The van der Waals surface area contributed by atoms with Crippen molar-refractivity contribution in [3.8, 4) is 5.69 Å². The number of fused-ring (bicyclic) bond motifs is 1. The van der Waals surface area contributed by atoms with Crippen LogP contribution in [0.3, 0.4) is 0 Å². The highest BCUT2D eigenvalue weighted by molar-refractivity contribution is 7.98. The van der Waals surface area contributed by atoms with E-state index in [1.165, 1.54) is 11.1 Å². The Labute approximate surface area is 164 Å². The average molecular weight is 384 g/mol. The number of nitrogens with zero attached hydrogens (tertiary/aromatic N) is 3. The summed E-state index contributed by atoms with van der Waals surface area (Å²) in [5.41, 5.74) is 5.29. The molecule has 0 atom stereocenters. The molecule has 0 aliphatic rings. The highest BCUT2D eigenvalue weighted by atomic mass is 32.2. The third-order valence-electron chi connectivity index (χ3n) is 4.19. The Morgan fingerprint density at radius 3 is 2.56 bits per heavy atom. The number of hydrogen-bond acceptors (Lipinski definition) is 5. The van der Waals surface area contributed by atoms with Crippen LogP contribution in [0.2, 0.25) is 0 Å². The van der Waals surface area contributed by atoms with Gasteiger partial charge in [0, 0.05) is 25.4 Å². The van der Waals surface area contributed by atoms with Crippen molar-refractivity contribution in [2.75, 3.05) is 19.0 Å². The van der Waals surface area contributed by atoms with Crippen LogP contribution >= 0.6 is 11.8 Å². The first kappa shape index (κ1) is 19.6. The van der Waals surface area contributed by atoms with Gasteiger partial charge in [0.25, 0.3) is 0 Å². The molecule has 0 amide bonds. The predicted octanol–water partition coefficient (Wildman–Crippen LogP) is 4.35. The van der Waals surface area contributed by atoms with Crippen LogP contribution in [0, 0.1) is 6.92 Å². The van der Waals surface area contributed by atoms with Gasteiger partial charge in [-0.05, 0) is 54.8 Å². The zero-order valence-corrected chi connectivity index (χ0v) is 16.5. The largest absolute Gasteiger partial charge is 0.381 e. The minimum atomic E-state index is 0.585. The second-order valence-corrected chi connectivity index (χ2v) is 7.54. The van der Waals surface area contributed by atoms with Gasteiger partial charge in [-0.15, -0.1) is 10.2 Å². The van der Waals surface area contributed by atoms with E-state index in [1.807, 2.05) is 36.0 Å². The maximum absolute atomic E-state index is 10.2. The second kappa shape index (κ2) is 10.2. The minimum absolute atomic E-state index is 0.585. The smallest absolute Gasteiger partial charge is 0.120 e. The summed E-state index contributed by atoms with van der Waals surface area (Å²) in [5.74, 6) is 1.95. The molecular formula is C21H25N3O2S. The van der Waals surface area contributed by atoms with Crippen LogP contribution in [0.25, 0.3) is 16.7 Å². The fourth-order valence-corrected chi connectivity index (χ4v) is 3.70. The Kier molecular flexibility index (Phi) is 7.42. The van der Waals surface area contributed by atoms with Crippen molar-refractivity contribution in [3.63, 3.8) is 0 Å². The summed E-state index contributed by atoms with van der Waals surface area (Å²) < 4.78 is 5.53. The Morgan fingerprint density at radius 2 is 1.81 bits per heavy atom. The van der Waals surface area contributed by atoms with Crippen molar-refractivity contribution < 1.29 is 9.53 Å². The molecule has 0 aliphatic carbocycles. The lowest BCUT2D eigenvalue weighted by Gasteiger charge is -2.10. The number of aromatic nitrogens is 3. The molecule has 5 nitrogen and oxygen atoms in total. The van der Waals surface area contributed by atoms with Crippen LogP contribution < -0.4 is 0 Å². The van der Waals surface area contributed by atoms with Crippen LogP contribution in [0.15, 0.2) is 42.5 Å². The van der Waals surface area contributed by atoms with Gasteiger partial charge in [0.05, 0.1) is 5.69 Å². The number of benzene rings is 2.